The molecular formula is C11H11ClFNO5S. The highest BCUT2D eigenvalue weighted by atomic mass is 35.5. The highest BCUT2D eigenvalue weighted by molar-refractivity contribution is 7.89. The van der Waals surface area contributed by atoms with Gasteiger partial charge in [-0.3, -0.25) is 0 Å². The van der Waals surface area contributed by atoms with E-state index in [4.69, 9.17) is 26.2 Å². The normalized spacial score (nSPS) is 19.1. The van der Waals surface area contributed by atoms with Crippen LogP contribution in [0.2, 0.25) is 5.02 Å². The summed E-state index contributed by atoms with van der Waals surface area (Å²) in [7, 11) is -4.30. The number of rotatable bonds is 3. The Balaban J connectivity index is 2.33. The maximum atomic E-state index is 13.5. The summed E-state index contributed by atoms with van der Waals surface area (Å²) in [4.78, 5) is 11.1. The number of esters is 1. The molecule has 20 heavy (non-hydrogen) atoms. The summed E-state index contributed by atoms with van der Waals surface area (Å²) in [5.41, 5.74) is -0.260. The molecule has 0 aliphatic carbocycles. The highest BCUT2D eigenvalue weighted by Crippen LogP contribution is 2.25. The number of ether oxygens (including phenoxy) is 2. The number of halogens is 2. The van der Waals surface area contributed by atoms with Crippen LogP contribution in [0.5, 0.6) is 0 Å². The van der Waals surface area contributed by atoms with E-state index in [0.717, 1.165) is 6.07 Å². The minimum absolute atomic E-state index is 0.251. The van der Waals surface area contributed by atoms with Gasteiger partial charge in [0.1, 0.15) is 16.8 Å². The molecule has 1 aliphatic heterocycles. The van der Waals surface area contributed by atoms with Gasteiger partial charge in [0.15, 0.2) is 0 Å². The summed E-state index contributed by atoms with van der Waals surface area (Å²) in [6.45, 7) is 0.726. The summed E-state index contributed by atoms with van der Waals surface area (Å²) in [6, 6.07) is 1.48. The van der Waals surface area contributed by atoms with Gasteiger partial charge in [-0.25, -0.2) is 22.7 Å². The first-order valence-corrected chi connectivity index (χ1v) is 7.52. The van der Waals surface area contributed by atoms with Crippen LogP contribution in [0.15, 0.2) is 17.0 Å². The van der Waals surface area contributed by atoms with E-state index in [2.05, 4.69) is 0 Å². The van der Waals surface area contributed by atoms with Gasteiger partial charge < -0.3 is 9.47 Å². The average molecular weight is 324 g/mol. The third-order valence-corrected chi connectivity index (χ3v) is 3.95. The summed E-state index contributed by atoms with van der Waals surface area (Å²) in [6.07, 6.45) is 0.105. The van der Waals surface area contributed by atoms with Crippen molar-refractivity contribution in [1.29, 1.82) is 0 Å². The number of hydrogen-bond acceptors (Lipinski definition) is 5. The van der Waals surface area contributed by atoms with E-state index in [0.29, 0.717) is 19.1 Å². The van der Waals surface area contributed by atoms with Gasteiger partial charge in [-0.2, -0.15) is 0 Å². The van der Waals surface area contributed by atoms with Crippen LogP contribution in [0, 0.1) is 5.82 Å². The van der Waals surface area contributed by atoms with Gasteiger partial charge in [0.05, 0.1) is 23.8 Å². The van der Waals surface area contributed by atoms with Crippen molar-refractivity contribution in [3.63, 3.8) is 0 Å². The molecule has 1 fully saturated rings. The molecule has 0 spiro atoms. The van der Waals surface area contributed by atoms with Gasteiger partial charge in [-0.15, -0.1) is 0 Å². The fraction of sp³-hybridized carbons (Fsp3) is 0.364. The Morgan fingerprint density at radius 1 is 1.50 bits per heavy atom. The van der Waals surface area contributed by atoms with Crippen LogP contribution in [-0.4, -0.2) is 33.7 Å². The number of carbonyl (C=O) groups is 1. The van der Waals surface area contributed by atoms with Crippen LogP contribution < -0.4 is 5.14 Å². The third-order valence-electron chi connectivity index (χ3n) is 2.71. The quantitative estimate of drug-likeness (QED) is 0.839. The predicted octanol–water partition coefficient (Wildman–Crippen LogP) is 1.07. The number of benzene rings is 1. The SMILES string of the molecule is NS(=O)(=O)c1cc(C(=O)OC2CCOC2)c(Cl)cc1F. The molecule has 9 heteroatoms. The molecule has 1 aromatic rings. The lowest BCUT2D eigenvalue weighted by atomic mass is 10.2. The van der Waals surface area contributed by atoms with Crippen molar-refractivity contribution in [3.8, 4) is 0 Å². The Labute approximate surface area is 119 Å². The Kier molecular flexibility index (Phi) is 4.28. The first-order valence-electron chi connectivity index (χ1n) is 5.59. The van der Waals surface area contributed by atoms with Crippen molar-refractivity contribution >= 4 is 27.6 Å². The fourth-order valence-corrected chi connectivity index (χ4v) is 2.56. The highest BCUT2D eigenvalue weighted by Gasteiger charge is 2.25. The van der Waals surface area contributed by atoms with Crippen LogP contribution in [0.25, 0.3) is 0 Å². The molecule has 0 bridgehead atoms. The smallest absolute Gasteiger partial charge is 0.340 e. The van der Waals surface area contributed by atoms with E-state index in [1.165, 1.54) is 0 Å². The first-order chi connectivity index (χ1) is 9.29. The number of nitrogens with two attached hydrogens (primary N) is 1. The van der Waals surface area contributed by atoms with E-state index in [1.807, 2.05) is 0 Å². The van der Waals surface area contributed by atoms with Crippen molar-refractivity contribution in [2.24, 2.45) is 5.14 Å². The van der Waals surface area contributed by atoms with Gasteiger partial charge >= 0.3 is 5.97 Å². The van der Waals surface area contributed by atoms with Crippen molar-refractivity contribution in [2.75, 3.05) is 13.2 Å². The first kappa shape index (κ1) is 15.2. The van der Waals surface area contributed by atoms with Crippen molar-refractivity contribution in [3.05, 3.63) is 28.5 Å². The molecule has 1 aromatic carbocycles. The summed E-state index contributed by atoms with van der Waals surface area (Å²) in [5.74, 6) is -1.98. The maximum absolute atomic E-state index is 13.5. The van der Waals surface area contributed by atoms with Crippen LogP contribution in [-0.2, 0) is 19.5 Å². The zero-order valence-electron chi connectivity index (χ0n) is 10.1. The Bertz CT molecular complexity index is 642. The van der Waals surface area contributed by atoms with Crippen molar-refractivity contribution in [1.82, 2.24) is 0 Å². The second kappa shape index (κ2) is 5.65. The fourth-order valence-electron chi connectivity index (χ4n) is 1.72. The zero-order valence-corrected chi connectivity index (χ0v) is 11.7. The summed E-state index contributed by atoms with van der Waals surface area (Å²) >= 11 is 5.72. The molecule has 1 aliphatic rings. The molecule has 1 unspecified atom stereocenters. The maximum Gasteiger partial charge on any atom is 0.340 e. The minimum atomic E-state index is -4.30. The molecule has 1 heterocycles. The molecular weight excluding hydrogens is 313 g/mol. The van der Waals surface area contributed by atoms with Crippen LogP contribution in [0.1, 0.15) is 16.8 Å². The molecule has 2 N–H and O–H groups in total. The van der Waals surface area contributed by atoms with E-state index >= 15 is 0 Å². The van der Waals surface area contributed by atoms with E-state index in [9.17, 15) is 17.6 Å². The predicted molar refractivity (Wildman–Crippen MR) is 67.4 cm³/mol. The number of sulfonamides is 1. The van der Waals surface area contributed by atoms with E-state index < -0.39 is 32.8 Å². The molecule has 0 radical (unpaired) electrons. The molecule has 6 nitrogen and oxygen atoms in total. The topological polar surface area (TPSA) is 95.7 Å². The number of carbonyl (C=O) groups excluding carboxylic acids is 1. The average Bonchev–Trinajstić information content (AvgIpc) is 2.79. The summed E-state index contributed by atoms with van der Waals surface area (Å²) in [5, 5.41) is 4.61. The minimum Gasteiger partial charge on any atom is -0.456 e. The van der Waals surface area contributed by atoms with Crippen LogP contribution in [0.3, 0.4) is 0 Å². The Morgan fingerprint density at radius 2 is 2.20 bits per heavy atom. The lowest BCUT2D eigenvalue weighted by Crippen LogP contribution is -2.20. The van der Waals surface area contributed by atoms with Gasteiger partial charge in [0, 0.05) is 6.42 Å². The molecule has 1 saturated heterocycles. The Morgan fingerprint density at radius 3 is 2.75 bits per heavy atom. The van der Waals surface area contributed by atoms with Crippen molar-refractivity contribution < 1.29 is 27.1 Å². The van der Waals surface area contributed by atoms with Gasteiger partial charge in [-0.1, -0.05) is 11.6 Å². The molecule has 2 rings (SSSR count). The second-order valence-electron chi connectivity index (χ2n) is 4.20. The monoisotopic (exact) mass is 323 g/mol. The number of hydrogen-bond donors (Lipinski definition) is 1. The molecule has 0 aromatic heterocycles. The van der Waals surface area contributed by atoms with Gasteiger partial charge in [-0.05, 0) is 12.1 Å². The number of primary sulfonamides is 1. The lowest BCUT2D eigenvalue weighted by Gasteiger charge is -2.12. The third kappa shape index (κ3) is 3.26. The molecule has 110 valence electrons. The molecule has 0 amide bonds. The largest absolute Gasteiger partial charge is 0.456 e. The van der Waals surface area contributed by atoms with E-state index in [1.54, 1.807) is 0 Å². The van der Waals surface area contributed by atoms with Gasteiger partial charge in [0.25, 0.3) is 0 Å². The van der Waals surface area contributed by atoms with E-state index in [-0.39, 0.29) is 17.2 Å². The molecule has 1 atom stereocenters. The second-order valence-corrected chi connectivity index (χ2v) is 6.14. The lowest BCUT2D eigenvalue weighted by molar-refractivity contribution is 0.0270. The zero-order chi connectivity index (χ0) is 14.9. The Hall–Kier alpha value is -1.22. The van der Waals surface area contributed by atoms with Crippen LogP contribution in [0.4, 0.5) is 4.39 Å². The van der Waals surface area contributed by atoms with Gasteiger partial charge in [0.2, 0.25) is 10.0 Å². The summed E-state index contributed by atoms with van der Waals surface area (Å²) < 4.78 is 46.0. The van der Waals surface area contributed by atoms with Crippen LogP contribution >= 0.6 is 11.6 Å². The molecule has 0 saturated carbocycles. The standard InChI is InChI=1S/C11H11ClFNO5S/c12-8-4-9(13)10(20(14,16)17)3-7(8)11(15)19-6-1-2-18-5-6/h3-4,6H,1-2,5H2,(H2,14,16,17). The van der Waals surface area contributed by atoms with Crippen molar-refractivity contribution in [2.45, 2.75) is 17.4 Å².